The number of amides is 2. The van der Waals surface area contributed by atoms with Crippen LogP contribution in [0.5, 0.6) is 0 Å². The molecule has 2 N–H and O–H groups in total. The van der Waals surface area contributed by atoms with Crippen LogP contribution in [-0.4, -0.2) is 29.9 Å². The molecule has 1 aromatic heterocycles. The maximum absolute atomic E-state index is 12.5. The molecule has 5 nitrogen and oxygen atoms in total. The molecule has 2 heterocycles. The fourth-order valence-corrected chi connectivity index (χ4v) is 3.68. The fraction of sp³-hybridized carbons (Fsp3) is 0.238. The van der Waals surface area contributed by atoms with Crippen molar-refractivity contribution in [1.82, 2.24) is 10.3 Å². The number of carbonyl (C=O) groups is 2. The van der Waals surface area contributed by atoms with Gasteiger partial charge in [0.15, 0.2) is 0 Å². The van der Waals surface area contributed by atoms with Crippen molar-refractivity contribution in [2.24, 2.45) is 5.92 Å². The molecule has 0 bridgehead atoms. The third-order valence-electron chi connectivity index (χ3n) is 5.00. The summed E-state index contributed by atoms with van der Waals surface area (Å²) in [7, 11) is 0. The number of halogens is 1. The second-order valence-corrected chi connectivity index (χ2v) is 7.22. The van der Waals surface area contributed by atoms with Gasteiger partial charge in [0.1, 0.15) is 0 Å². The summed E-state index contributed by atoms with van der Waals surface area (Å²) in [6, 6.07) is 15.2. The number of H-pyrrole nitrogens is 1. The number of para-hydroxylation sites is 1. The Hall–Kier alpha value is -2.79. The summed E-state index contributed by atoms with van der Waals surface area (Å²) >= 11 is 5.90. The van der Waals surface area contributed by atoms with E-state index in [9.17, 15) is 9.59 Å². The van der Waals surface area contributed by atoms with Crippen LogP contribution < -0.4 is 10.2 Å². The zero-order valence-electron chi connectivity index (χ0n) is 14.7. The van der Waals surface area contributed by atoms with Gasteiger partial charge in [-0.2, -0.15) is 0 Å². The highest BCUT2D eigenvalue weighted by Gasteiger charge is 2.34. The van der Waals surface area contributed by atoms with Crippen molar-refractivity contribution in [3.05, 3.63) is 65.3 Å². The van der Waals surface area contributed by atoms with Crippen LogP contribution in [0, 0.1) is 5.92 Å². The van der Waals surface area contributed by atoms with E-state index in [4.69, 9.17) is 11.6 Å². The average Bonchev–Trinajstić information content (AvgIpc) is 3.26. The zero-order chi connectivity index (χ0) is 18.8. The molecular formula is C21H20ClN3O2. The summed E-state index contributed by atoms with van der Waals surface area (Å²) in [5.74, 6) is -0.426. The average molecular weight is 382 g/mol. The van der Waals surface area contributed by atoms with Crippen LogP contribution in [0.4, 0.5) is 5.69 Å². The SMILES string of the molecule is O=C(NCCc1c[nH]c2ccccc12)[C@H]1CC(=O)N(c2ccc(Cl)cc2)C1. The van der Waals surface area contributed by atoms with Gasteiger partial charge in [0.25, 0.3) is 0 Å². The Bertz CT molecular complexity index is 981. The number of nitrogens with one attached hydrogen (secondary N) is 2. The maximum atomic E-state index is 12.5. The van der Waals surface area contributed by atoms with E-state index in [1.807, 2.05) is 24.4 Å². The Kier molecular flexibility index (Phi) is 4.86. The summed E-state index contributed by atoms with van der Waals surface area (Å²) in [5, 5.41) is 4.78. The van der Waals surface area contributed by atoms with Crippen LogP contribution in [0.3, 0.4) is 0 Å². The minimum atomic E-state index is -0.323. The lowest BCUT2D eigenvalue weighted by molar-refractivity contribution is -0.126. The lowest BCUT2D eigenvalue weighted by Gasteiger charge is -2.16. The monoisotopic (exact) mass is 381 g/mol. The van der Waals surface area contributed by atoms with Crippen molar-refractivity contribution in [3.63, 3.8) is 0 Å². The number of rotatable bonds is 5. The van der Waals surface area contributed by atoms with Gasteiger partial charge >= 0.3 is 0 Å². The number of anilines is 1. The Morgan fingerprint density at radius 3 is 2.78 bits per heavy atom. The van der Waals surface area contributed by atoms with Crippen LogP contribution in [0.2, 0.25) is 5.02 Å². The lowest BCUT2D eigenvalue weighted by atomic mass is 10.1. The molecule has 4 rings (SSSR count). The van der Waals surface area contributed by atoms with Gasteiger partial charge in [-0.15, -0.1) is 0 Å². The van der Waals surface area contributed by atoms with Gasteiger partial charge in [-0.1, -0.05) is 29.8 Å². The van der Waals surface area contributed by atoms with Crippen LogP contribution in [0.1, 0.15) is 12.0 Å². The number of hydrogen-bond donors (Lipinski definition) is 2. The molecule has 1 aliphatic rings. The molecule has 6 heteroatoms. The van der Waals surface area contributed by atoms with E-state index in [2.05, 4.69) is 16.4 Å². The number of aromatic amines is 1. The van der Waals surface area contributed by atoms with Crippen LogP contribution >= 0.6 is 11.6 Å². The number of fused-ring (bicyclic) bond motifs is 1. The number of nitrogens with zero attached hydrogens (tertiary/aromatic N) is 1. The van der Waals surface area contributed by atoms with Crippen molar-refractivity contribution in [2.45, 2.75) is 12.8 Å². The molecule has 1 atom stereocenters. The molecule has 27 heavy (non-hydrogen) atoms. The highest BCUT2D eigenvalue weighted by atomic mass is 35.5. The molecule has 0 radical (unpaired) electrons. The second kappa shape index (κ2) is 7.45. The number of benzene rings is 2. The standard InChI is InChI=1S/C21H20ClN3O2/c22-16-5-7-17(8-6-16)25-13-15(11-20(25)26)21(27)23-10-9-14-12-24-19-4-2-1-3-18(14)19/h1-8,12,15,24H,9-11,13H2,(H,23,27)/t15-/m0/s1. The van der Waals surface area contributed by atoms with E-state index >= 15 is 0 Å². The number of hydrogen-bond acceptors (Lipinski definition) is 2. The molecule has 2 amide bonds. The Morgan fingerprint density at radius 2 is 1.96 bits per heavy atom. The molecular weight excluding hydrogens is 362 g/mol. The third kappa shape index (κ3) is 3.69. The Labute approximate surface area is 162 Å². The first-order chi connectivity index (χ1) is 13.1. The summed E-state index contributed by atoms with van der Waals surface area (Å²) in [6.07, 6.45) is 2.97. The minimum absolute atomic E-state index is 0.0332. The molecule has 0 aliphatic carbocycles. The fourth-order valence-electron chi connectivity index (χ4n) is 3.56. The first kappa shape index (κ1) is 17.6. The highest BCUT2D eigenvalue weighted by molar-refractivity contribution is 6.30. The van der Waals surface area contributed by atoms with Gasteiger partial charge < -0.3 is 15.2 Å². The van der Waals surface area contributed by atoms with Gasteiger partial charge in [-0.25, -0.2) is 0 Å². The molecule has 1 fully saturated rings. The van der Waals surface area contributed by atoms with Crippen molar-refractivity contribution in [2.75, 3.05) is 18.0 Å². The van der Waals surface area contributed by atoms with Crippen LogP contribution in [0.25, 0.3) is 10.9 Å². The molecule has 0 spiro atoms. The minimum Gasteiger partial charge on any atom is -0.361 e. The second-order valence-electron chi connectivity index (χ2n) is 6.78. The quantitative estimate of drug-likeness (QED) is 0.710. The molecule has 2 aromatic carbocycles. The van der Waals surface area contributed by atoms with E-state index in [0.29, 0.717) is 18.1 Å². The first-order valence-electron chi connectivity index (χ1n) is 9.00. The normalized spacial score (nSPS) is 16.9. The van der Waals surface area contributed by atoms with Crippen LogP contribution in [-0.2, 0) is 16.0 Å². The van der Waals surface area contributed by atoms with E-state index in [1.54, 1.807) is 29.2 Å². The summed E-state index contributed by atoms with van der Waals surface area (Å²) in [4.78, 5) is 29.7. The molecule has 0 unspecified atom stereocenters. The molecule has 1 aliphatic heterocycles. The van der Waals surface area contributed by atoms with Gasteiger partial charge in [0.2, 0.25) is 11.8 Å². The molecule has 138 valence electrons. The smallest absolute Gasteiger partial charge is 0.227 e. The summed E-state index contributed by atoms with van der Waals surface area (Å²) < 4.78 is 0. The summed E-state index contributed by atoms with van der Waals surface area (Å²) in [6.45, 7) is 0.950. The Balaban J connectivity index is 1.33. The molecule has 0 saturated carbocycles. The van der Waals surface area contributed by atoms with E-state index in [-0.39, 0.29) is 24.2 Å². The third-order valence-corrected chi connectivity index (χ3v) is 5.25. The van der Waals surface area contributed by atoms with E-state index in [1.165, 1.54) is 10.9 Å². The topological polar surface area (TPSA) is 65.2 Å². The number of carbonyl (C=O) groups excluding carboxylic acids is 2. The predicted octanol–water partition coefficient (Wildman–Crippen LogP) is 3.53. The Morgan fingerprint density at radius 1 is 1.19 bits per heavy atom. The van der Waals surface area contributed by atoms with Gasteiger partial charge in [0, 0.05) is 47.3 Å². The largest absolute Gasteiger partial charge is 0.361 e. The summed E-state index contributed by atoms with van der Waals surface area (Å²) in [5.41, 5.74) is 3.05. The predicted molar refractivity (Wildman–Crippen MR) is 107 cm³/mol. The number of aromatic nitrogens is 1. The van der Waals surface area contributed by atoms with E-state index in [0.717, 1.165) is 17.6 Å². The molecule has 3 aromatic rings. The van der Waals surface area contributed by atoms with Crippen molar-refractivity contribution in [1.29, 1.82) is 0 Å². The van der Waals surface area contributed by atoms with Gasteiger partial charge in [-0.05, 0) is 42.3 Å². The van der Waals surface area contributed by atoms with Crippen molar-refractivity contribution < 1.29 is 9.59 Å². The molecule has 1 saturated heterocycles. The van der Waals surface area contributed by atoms with Crippen molar-refractivity contribution >= 4 is 40.0 Å². The lowest BCUT2D eigenvalue weighted by Crippen LogP contribution is -2.34. The van der Waals surface area contributed by atoms with Crippen LogP contribution in [0.15, 0.2) is 54.7 Å². The first-order valence-corrected chi connectivity index (χ1v) is 9.38. The van der Waals surface area contributed by atoms with Gasteiger partial charge in [-0.3, -0.25) is 9.59 Å². The maximum Gasteiger partial charge on any atom is 0.227 e. The van der Waals surface area contributed by atoms with E-state index < -0.39 is 0 Å². The highest BCUT2D eigenvalue weighted by Crippen LogP contribution is 2.26. The van der Waals surface area contributed by atoms with Crippen molar-refractivity contribution in [3.8, 4) is 0 Å². The zero-order valence-corrected chi connectivity index (χ0v) is 15.5. The van der Waals surface area contributed by atoms with Gasteiger partial charge in [0.05, 0.1) is 5.92 Å².